The molecule has 2 aromatic heterocycles. The summed E-state index contributed by atoms with van der Waals surface area (Å²) in [5.41, 5.74) is 6.90. The maximum atomic E-state index is 14.2. The molecule has 1 atom stereocenters. The number of aryl methyl sites for hydroxylation is 1. The molecule has 0 spiro atoms. The van der Waals surface area contributed by atoms with Crippen LogP contribution in [0.4, 0.5) is 10.5 Å². The van der Waals surface area contributed by atoms with Crippen molar-refractivity contribution in [3.63, 3.8) is 0 Å². The first kappa shape index (κ1) is 26.4. The monoisotopic (exact) mass is 545 g/mol. The molecule has 3 heterocycles. The minimum Gasteiger partial charge on any atom is -0.494 e. The molecule has 0 saturated heterocycles. The lowest BCUT2D eigenvalue weighted by Gasteiger charge is -2.31. The number of nitrogens with one attached hydrogen (secondary N) is 1. The van der Waals surface area contributed by atoms with Gasteiger partial charge in [0.2, 0.25) is 0 Å². The van der Waals surface area contributed by atoms with Crippen LogP contribution in [0.2, 0.25) is 0 Å². The van der Waals surface area contributed by atoms with Gasteiger partial charge in [-0.05, 0) is 79.4 Å². The SMILES string of the molecule is CCOc1ccc(NC(=O)N2Cc3c(C)nn(-c4ccccc4)c3-n3cccc3[C@H]2c2ccc(C(C)C)cc2)cc1. The fraction of sp³-hybridized carbons (Fsp3) is 0.235. The number of para-hydroxylation sites is 1. The molecule has 0 unspecified atom stereocenters. The predicted octanol–water partition coefficient (Wildman–Crippen LogP) is 7.63. The Bertz CT molecular complexity index is 1650. The number of hydrogen-bond donors (Lipinski definition) is 1. The zero-order valence-electron chi connectivity index (χ0n) is 23.9. The van der Waals surface area contributed by atoms with E-state index in [0.717, 1.165) is 39.8 Å². The van der Waals surface area contributed by atoms with E-state index in [1.165, 1.54) is 5.56 Å². The summed E-state index contributed by atoms with van der Waals surface area (Å²) in [4.78, 5) is 16.1. The van der Waals surface area contributed by atoms with E-state index < -0.39 is 0 Å². The van der Waals surface area contributed by atoms with Gasteiger partial charge < -0.3 is 19.5 Å². The lowest BCUT2D eigenvalue weighted by atomic mass is 9.97. The second-order valence-corrected chi connectivity index (χ2v) is 10.7. The first-order valence-corrected chi connectivity index (χ1v) is 14.2. The van der Waals surface area contributed by atoms with Crippen LogP contribution >= 0.6 is 0 Å². The van der Waals surface area contributed by atoms with Gasteiger partial charge >= 0.3 is 6.03 Å². The van der Waals surface area contributed by atoms with Gasteiger partial charge in [0.1, 0.15) is 11.6 Å². The molecule has 0 bridgehead atoms. The maximum Gasteiger partial charge on any atom is 0.322 e. The molecule has 6 rings (SSSR count). The lowest BCUT2D eigenvalue weighted by molar-refractivity contribution is 0.194. The van der Waals surface area contributed by atoms with Crippen molar-refractivity contribution in [3.8, 4) is 17.3 Å². The summed E-state index contributed by atoms with van der Waals surface area (Å²) in [5, 5.41) is 8.08. The molecule has 0 aliphatic carbocycles. The number of hydrogen-bond acceptors (Lipinski definition) is 3. The summed E-state index contributed by atoms with van der Waals surface area (Å²) in [5.74, 6) is 2.15. The van der Waals surface area contributed by atoms with Crippen LogP contribution in [0.5, 0.6) is 5.75 Å². The largest absolute Gasteiger partial charge is 0.494 e. The minimum atomic E-state index is -0.315. The highest BCUT2D eigenvalue weighted by molar-refractivity contribution is 5.90. The van der Waals surface area contributed by atoms with E-state index >= 15 is 0 Å². The normalized spacial score (nSPS) is 14.4. The molecule has 5 aromatic rings. The van der Waals surface area contributed by atoms with Crippen LogP contribution in [0.15, 0.2) is 97.2 Å². The number of ether oxygens (including phenoxy) is 1. The summed E-state index contributed by atoms with van der Waals surface area (Å²) < 4.78 is 9.76. The van der Waals surface area contributed by atoms with Crippen molar-refractivity contribution in [2.24, 2.45) is 0 Å². The van der Waals surface area contributed by atoms with Crippen LogP contribution in [0.25, 0.3) is 11.5 Å². The number of rotatable bonds is 6. The number of carbonyl (C=O) groups excluding carboxylic acids is 1. The van der Waals surface area contributed by atoms with Crippen LogP contribution in [-0.2, 0) is 6.54 Å². The molecule has 1 aliphatic rings. The van der Waals surface area contributed by atoms with Gasteiger partial charge in [0, 0.05) is 17.4 Å². The van der Waals surface area contributed by atoms with E-state index in [1.807, 2.05) is 72.0 Å². The summed E-state index contributed by atoms with van der Waals surface area (Å²) in [6.45, 7) is 9.34. The average Bonchev–Trinajstić information content (AvgIpc) is 3.55. The zero-order chi connectivity index (χ0) is 28.5. The van der Waals surface area contributed by atoms with Crippen molar-refractivity contribution < 1.29 is 9.53 Å². The molecule has 3 aromatic carbocycles. The van der Waals surface area contributed by atoms with E-state index in [2.05, 4.69) is 72.4 Å². The molecule has 2 amide bonds. The van der Waals surface area contributed by atoms with E-state index in [1.54, 1.807) is 0 Å². The van der Waals surface area contributed by atoms with Crippen LogP contribution in [0.1, 0.15) is 60.8 Å². The smallest absolute Gasteiger partial charge is 0.322 e. The number of fused-ring (bicyclic) bond motifs is 3. The van der Waals surface area contributed by atoms with Crippen LogP contribution < -0.4 is 10.1 Å². The number of nitrogens with zero attached hydrogens (tertiary/aromatic N) is 4. The second-order valence-electron chi connectivity index (χ2n) is 10.7. The van der Waals surface area contributed by atoms with Gasteiger partial charge in [-0.1, -0.05) is 56.3 Å². The van der Waals surface area contributed by atoms with Crippen molar-refractivity contribution in [3.05, 3.63) is 125 Å². The average molecular weight is 546 g/mol. The molecule has 0 radical (unpaired) electrons. The second kappa shape index (κ2) is 11.0. The molecule has 0 saturated carbocycles. The van der Waals surface area contributed by atoms with E-state index in [-0.39, 0.29) is 12.1 Å². The minimum absolute atomic E-state index is 0.181. The first-order valence-electron chi connectivity index (χ1n) is 14.2. The van der Waals surface area contributed by atoms with Gasteiger partial charge in [-0.3, -0.25) is 0 Å². The van der Waals surface area contributed by atoms with Gasteiger partial charge in [0.05, 0.1) is 36.3 Å². The van der Waals surface area contributed by atoms with E-state index in [0.29, 0.717) is 24.8 Å². The molecule has 7 heteroatoms. The number of amides is 2. The third kappa shape index (κ3) is 4.99. The third-order valence-corrected chi connectivity index (χ3v) is 7.68. The topological polar surface area (TPSA) is 64.3 Å². The van der Waals surface area contributed by atoms with Crippen LogP contribution in [-0.4, -0.2) is 31.9 Å². The van der Waals surface area contributed by atoms with Crippen molar-refractivity contribution in [2.45, 2.75) is 46.2 Å². The quantitative estimate of drug-likeness (QED) is 0.239. The van der Waals surface area contributed by atoms with Gasteiger partial charge in [0.25, 0.3) is 0 Å². The maximum absolute atomic E-state index is 14.2. The zero-order valence-corrected chi connectivity index (χ0v) is 23.9. The Kier molecular flexibility index (Phi) is 7.10. The Morgan fingerprint density at radius 1 is 0.976 bits per heavy atom. The lowest BCUT2D eigenvalue weighted by Crippen LogP contribution is -2.38. The molecule has 7 nitrogen and oxygen atoms in total. The van der Waals surface area contributed by atoms with Crippen molar-refractivity contribution in [2.75, 3.05) is 11.9 Å². The van der Waals surface area contributed by atoms with Gasteiger partial charge in [-0.25, -0.2) is 9.48 Å². The number of benzene rings is 3. The van der Waals surface area contributed by atoms with Crippen LogP contribution in [0, 0.1) is 6.92 Å². The Balaban J connectivity index is 1.47. The molecular weight excluding hydrogens is 510 g/mol. The van der Waals surface area contributed by atoms with E-state index in [9.17, 15) is 4.79 Å². The highest BCUT2D eigenvalue weighted by atomic mass is 16.5. The Morgan fingerprint density at radius 2 is 1.71 bits per heavy atom. The summed E-state index contributed by atoms with van der Waals surface area (Å²) in [6, 6.07) is 29.9. The van der Waals surface area contributed by atoms with Gasteiger partial charge in [-0.2, -0.15) is 5.10 Å². The molecule has 1 N–H and O–H groups in total. The standard InChI is InChI=1S/C34H35N5O2/c1-5-41-29-19-17-27(18-20-29)35-34(40)38-22-30-24(4)36-39(28-10-7-6-8-11-28)33(30)37-21-9-12-31(37)32(38)26-15-13-25(14-16-26)23(2)3/h6-21,23,32H,5,22H2,1-4H3,(H,35,40)/t32-/m1/s1. The number of carbonyl (C=O) groups is 1. The van der Waals surface area contributed by atoms with Crippen LogP contribution in [0.3, 0.4) is 0 Å². The number of urea groups is 1. The van der Waals surface area contributed by atoms with Crippen molar-refractivity contribution >= 4 is 11.7 Å². The summed E-state index contributed by atoms with van der Waals surface area (Å²) in [7, 11) is 0. The number of anilines is 1. The number of aromatic nitrogens is 3. The fourth-order valence-electron chi connectivity index (χ4n) is 5.56. The van der Waals surface area contributed by atoms with Gasteiger partial charge in [0.15, 0.2) is 0 Å². The molecule has 1 aliphatic heterocycles. The fourth-order valence-corrected chi connectivity index (χ4v) is 5.56. The van der Waals surface area contributed by atoms with E-state index in [4.69, 9.17) is 9.84 Å². The molecular formula is C34H35N5O2. The summed E-state index contributed by atoms with van der Waals surface area (Å²) >= 11 is 0. The summed E-state index contributed by atoms with van der Waals surface area (Å²) in [6.07, 6.45) is 2.07. The highest BCUT2D eigenvalue weighted by Gasteiger charge is 2.36. The first-order chi connectivity index (χ1) is 19.9. The van der Waals surface area contributed by atoms with Gasteiger partial charge in [-0.15, -0.1) is 0 Å². The highest BCUT2D eigenvalue weighted by Crippen LogP contribution is 2.39. The predicted molar refractivity (Wildman–Crippen MR) is 162 cm³/mol. The molecule has 41 heavy (non-hydrogen) atoms. The molecule has 0 fully saturated rings. The Morgan fingerprint density at radius 3 is 2.39 bits per heavy atom. The molecule has 208 valence electrons. The van der Waals surface area contributed by atoms with Crippen molar-refractivity contribution in [1.29, 1.82) is 0 Å². The van der Waals surface area contributed by atoms with Crippen molar-refractivity contribution in [1.82, 2.24) is 19.2 Å². The third-order valence-electron chi connectivity index (χ3n) is 7.68. The Hall–Kier alpha value is -4.78. The Labute approximate surface area is 241 Å².